The van der Waals surface area contributed by atoms with Crippen LogP contribution >= 0.6 is 0 Å². The van der Waals surface area contributed by atoms with Gasteiger partial charge >= 0.3 is 11.9 Å². The molecule has 0 aromatic rings. The van der Waals surface area contributed by atoms with Gasteiger partial charge in [-0.25, -0.2) is 9.59 Å². The maximum absolute atomic E-state index is 12.1. The number of quaternary nitrogens is 2. The highest BCUT2D eigenvalue weighted by Gasteiger charge is 2.22. The fourth-order valence-corrected chi connectivity index (χ4v) is 3.81. The zero-order valence-corrected chi connectivity index (χ0v) is 22.3. The zero-order chi connectivity index (χ0) is 24.3. The van der Waals surface area contributed by atoms with E-state index in [0.29, 0.717) is 35.3 Å². The smallest absolute Gasteiger partial charge is 0.361 e. The number of carbonyl (C=O) groups is 2. The first-order valence-corrected chi connectivity index (χ1v) is 13.1. The quantitative estimate of drug-likeness (QED) is 0.139. The second kappa shape index (κ2) is 18.3. The van der Waals surface area contributed by atoms with Crippen molar-refractivity contribution < 1.29 is 28.0 Å². The zero-order valence-electron chi connectivity index (χ0n) is 22.3. The van der Waals surface area contributed by atoms with Gasteiger partial charge in [0.2, 0.25) is 0 Å². The van der Waals surface area contributed by atoms with Gasteiger partial charge in [0, 0.05) is 0 Å². The summed E-state index contributed by atoms with van der Waals surface area (Å²) in [7, 11) is 8.41. The van der Waals surface area contributed by atoms with Crippen LogP contribution in [0.4, 0.5) is 0 Å². The maximum atomic E-state index is 12.1. The van der Waals surface area contributed by atoms with Gasteiger partial charge in [0.05, 0.1) is 54.5 Å². The van der Waals surface area contributed by atoms with Crippen molar-refractivity contribution in [2.45, 2.75) is 90.9 Å². The molecule has 0 aliphatic heterocycles. The Balaban J connectivity index is 3.85. The molecular weight excluding hydrogens is 404 g/mol. The molecule has 0 N–H and O–H groups in total. The number of hydrogen-bond donors (Lipinski definition) is 0. The lowest BCUT2D eigenvalue weighted by molar-refractivity contribution is -0.884. The molecule has 6 nitrogen and oxygen atoms in total. The Morgan fingerprint density at radius 2 is 0.875 bits per heavy atom. The lowest BCUT2D eigenvalue weighted by atomic mass is 10.1. The number of ether oxygens (including phenoxy) is 2. The van der Waals surface area contributed by atoms with Crippen molar-refractivity contribution in [1.29, 1.82) is 0 Å². The molecule has 0 atom stereocenters. The van der Waals surface area contributed by atoms with Crippen LogP contribution in [-0.2, 0) is 19.1 Å². The Labute approximate surface area is 198 Å². The van der Waals surface area contributed by atoms with E-state index < -0.39 is 0 Å². The summed E-state index contributed by atoms with van der Waals surface area (Å²) < 4.78 is 12.1. The van der Waals surface area contributed by atoms with Crippen LogP contribution in [0.25, 0.3) is 0 Å². The standard InChI is InChI=1S/C26H54N2O4/c1-7-9-11-17-21-31-25(29)23-27(3,4)19-15-13-14-16-20-28(5,6)24-26(30)32-22-18-12-10-8-2/h7-24H2,1-6H3/q+2. The van der Waals surface area contributed by atoms with Crippen molar-refractivity contribution in [3.63, 3.8) is 0 Å². The van der Waals surface area contributed by atoms with E-state index in [4.69, 9.17) is 9.47 Å². The predicted molar refractivity (Wildman–Crippen MR) is 132 cm³/mol. The Bertz CT molecular complexity index is 448. The van der Waals surface area contributed by atoms with Crippen molar-refractivity contribution in [1.82, 2.24) is 0 Å². The molecule has 0 fully saturated rings. The van der Waals surface area contributed by atoms with Gasteiger partial charge in [-0.05, 0) is 38.5 Å². The number of esters is 2. The van der Waals surface area contributed by atoms with Gasteiger partial charge in [-0.15, -0.1) is 0 Å². The Morgan fingerprint density at radius 3 is 1.22 bits per heavy atom. The van der Waals surface area contributed by atoms with Crippen molar-refractivity contribution in [3.05, 3.63) is 0 Å². The molecule has 0 aliphatic carbocycles. The van der Waals surface area contributed by atoms with Crippen LogP contribution in [0.3, 0.4) is 0 Å². The Kier molecular flexibility index (Phi) is 17.7. The molecule has 0 radical (unpaired) electrons. The van der Waals surface area contributed by atoms with Gasteiger partial charge in [0.25, 0.3) is 0 Å². The van der Waals surface area contributed by atoms with Crippen LogP contribution in [0.15, 0.2) is 0 Å². The van der Waals surface area contributed by atoms with Crippen LogP contribution in [0, 0.1) is 0 Å². The van der Waals surface area contributed by atoms with E-state index >= 15 is 0 Å². The van der Waals surface area contributed by atoms with Crippen LogP contribution in [0.1, 0.15) is 90.9 Å². The molecule has 0 spiro atoms. The Morgan fingerprint density at radius 1 is 0.531 bits per heavy atom. The predicted octanol–water partition coefficient (Wildman–Crippen LogP) is 4.95. The highest BCUT2D eigenvalue weighted by molar-refractivity contribution is 5.70. The largest absolute Gasteiger partial charge is 0.462 e. The normalized spacial score (nSPS) is 12.1. The first-order chi connectivity index (χ1) is 15.1. The molecule has 0 bridgehead atoms. The topological polar surface area (TPSA) is 52.6 Å². The van der Waals surface area contributed by atoms with E-state index in [-0.39, 0.29) is 11.9 Å². The average molecular weight is 459 g/mol. The molecule has 0 saturated carbocycles. The van der Waals surface area contributed by atoms with E-state index in [2.05, 4.69) is 42.0 Å². The molecule has 32 heavy (non-hydrogen) atoms. The second-order valence-electron chi connectivity index (χ2n) is 10.6. The molecule has 0 aromatic carbocycles. The van der Waals surface area contributed by atoms with E-state index in [9.17, 15) is 9.59 Å². The molecule has 0 heterocycles. The van der Waals surface area contributed by atoms with Crippen molar-refractivity contribution in [2.24, 2.45) is 0 Å². The third kappa shape index (κ3) is 19.5. The van der Waals surface area contributed by atoms with Crippen LogP contribution in [-0.4, -0.2) is 88.5 Å². The van der Waals surface area contributed by atoms with Gasteiger partial charge in [0.15, 0.2) is 13.1 Å². The second-order valence-corrected chi connectivity index (χ2v) is 10.6. The van der Waals surface area contributed by atoms with E-state index in [0.717, 1.165) is 64.5 Å². The fraction of sp³-hybridized carbons (Fsp3) is 0.923. The van der Waals surface area contributed by atoms with Gasteiger partial charge in [-0.3, -0.25) is 0 Å². The summed E-state index contributed by atoms with van der Waals surface area (Å²) in [6.07, 6.45) is 13.5. The molecule has 0 rings (SSSR count). The lowest BCUT2D eigenvalue weighted by Gasteiger charge is -2.29. The Hall–Kier alpha value is -1.14. The summed E-state index contributed by atoms with van der Waals surface area (Å²) >= 11 is 0. The van der Waals surface area contributed by atoms with E-state index in [1.165, 1.54) is 25.7 Å². The van der Waals surface area contributed by atoms with E-state index in [1.54, 1.807) is 0 Å². The third-order valence-electron chi connectivity index (χ3n) is 5.91. The number of nitrogens with zero attached hydrogens (tertiary/aromatic N) is 2. The first-order valence-electron chi connectivity index (χ1n) is 13.1. The van der Waals surface area contributed by atoms with Crippen molar-refractivity contribution >= 4 is 11.9 Å². The molecule has 0 aliphatic rings. The fourth-order valence-electron chi connectivity index (χ4n) is 3.81. The van der Waals surface area contributed by atoms with Gasteiger partial charge in [0.1, 0.15) is 0 Å². The van der Waals surface area contributed by atoms with Gasteiger partial charge < -0.3 is 18.4 Å². The first kappa shape index (κ1) is 30.9. The minimum atomic E-state index is -0.0807. The van der Waals surface area contributed by atoms with Gasteiger partial charge in [-0.1, -0.05) is 52.4 Å². The minimum absolute atomic E-state index is 0.0807. The molecule has 0 aromatic heterocycles. The third-order valence-corrected chi connectivity index (χ3v) is 5.91. The van der Waals surface area contributed by atoms with Gasteiger partial charge in [-0.2, -0.15) is 0 Å². The van der Waals surface area contributed by atoms with E-state index in [1.807, 2.05) is 0 Å². The molecule has 0 unspecified atom stereocenters. The number of hydrogen-bond acceptors (Lipinski definition) is 4. The van der Waals surface area contributed by atoms with Crippen molar-refractivity contribution in [2.75, 3.05) is 67.6 Å². The molecule has 190 valence electrons. The summed E-state index contributed by atoms with van der Waals surface area (Å²) in [5.74, 6) is -0.161. The van der Waals surface area contributed by atoms with Crippen LogP contribution in [0.5, 0.6) is 0 Å². The molecule has 6 heteroatoms. The monoisotopic (exact) mass is 458 g/mol. The summed E-state index contributed by atoms with van der Waals surface area (Å²) in [4.78, 5) is 24.1. The number of likely N-dealkylation sites (N-methyl/N-ethyl adjacent to an activating group) is 2. The number of rotatable bonds is 21. The van der Waals surface area contributed by atoms with Crippen LogP contribution in [0.2, 0.25) is 0 Å². The summed E-state index contributed by atoms with van der Waals surface area (Å²) in [6.45, 7) is 8.31. The highest BCUT2D eigenvalue weighted by Crippen LogP contribution is 2.09. The highest BCUT2D eigenvalue weighted by atomic mass is 16.5. The summed E-state index contributed by atoms with van der Waals surface area (Å²) in [5, 5.41) is 0. The molecule has 0 amide bonds. The van der Waals surface area contributed by atoms with Crippen LogP contribution < -0.4 is 0 Å². The number of carbonyl (C=O) groups excluding carboxylic acids is 2. The SMILES string of the molecule is CCCCCCOC(=O)C[N+](C)(C)CCCCCC[N+](C)(C)CC(=O)OCCCCCC. The maximum Gasteiger partial charge on any atom is 0.361 e. The summed E-state index contributed by atoms with van der Waals surface area (Å²) in [6, 6.07) is 0. The molecular formula is C26H54N2O4+2. The minimum Gasteiger partial charge on any atom is -0.462 e. The lowest BCUT2D eigenvalue weighted by Crippen LogP contribution is -2.45. The average Bonchev–Trinajstić information content (AvgIpc) is 2.69. The molecule has 0 saturated heterocycles. The number of unbranched alkanes of at least 4 members (excludes halogenated alkanes) is 9. The summed E-state index contributed by atoms with van der Waals surface area (Å²) in [5.41, 5.74) is 0. The van der Waals surface area contributed by atoms with Crippen molar-refractivity contribution in [3.8, 4) is 0 Å².